The summed E-state index contributed by atoms with van der Waals surface area (Å²) >= 11 is 0. The van der Waals surface area contributed by atoms with E-state index in [1.165, 1.54) is 18.2 Å². The third-order valence-corrected chi connectivity index (χ3v) is 3.58. The largest absolute Gasteiger partial charge is 0.366 e. The van der Waals surface area contributed by atoms with Crippen LogP contribution in [0.3, 0.4) is 0 Å². The molecule has 2 aromatic carbocycles. The minimum absolute atomic E-state index is 0.278. The summed E-state index contributed by atoms with van der Waals surface area (Å²) in [5.74, 6) is -0.641. The van der Waals surface area contributed by atoms with Gasteiger partial charge in [0.25, 0.3) is 0 Å². The van der Waals surface area contributed by atoms with E-state index in [1.54, 1.807) is 18.5 Å². The molecule has 0 bridgehead atoms. The number of aliphatic imine (C=N–C) groups is 1. The molecule has 2 nitrogen and oxygen atoms in total. The van der Waals surface area contributed by atoms with Crippen molar-refractivity contribution in [3.8, 4) is 0 Å². The second-order valence-corrected chi connectivity index (χ2v) is 5.35. The molecule has 0 fully saturated rings. The predicted octanol–water partition coefficient (Wildman–Crippen LogP) is 4.48. The van der Waals surface area contributed by atoms with Crippen molar-refractivity contribution >= 4 is 12.0 Å². The Balaban J connectivity index is 2.24. The van der Waals surface area contributed by atoms with Crippen molar-refractivity contribution < 1.29 is 8.78 Å². The quantitative estimate of drug-likeness (QED) is 0.587. The van der Waals surface area contributed by atoms with Crippen LogP contribution in [0.15, 0.2) is 41.4 Å². The number of hydrogen-bond donors (Lipinski definition) is 0. The zero-order valence-electron chi connectivity index (χ0n) is 13.1. The molecule has 116 valence electrons. The maximum Gasteiger partial charge on any atom is 0.149 e. The van der Waals surface area contributed by atoms with Crippen molar-refractivity contribution in [3.05, 3.63) is 64.7 Å². The number of halogens is 2. The van der Waals surface area contributed by atoms with Gasteiger partial charge >= 0.3 is 0 Å². The van der Waals surface area contributed by atoms with Crippen LogP contribution < -0.4 is 0 Å². The van der Waals surface area contributed by atoms with Gasteiger partial charge in [0.05, 0.1) is 6.34 Å². The first-order valence-corrected chi connectivity index (χ1v) is 7.27. The molecular formula is C18H20F2N2. The van der Waals surface area contributed by atoms with Gasteiger partial charge < -0.3 is 4.90 Å². The van der Waals surface area contributed by atoms with Crippen LogP contribution in [-0.4, -0.2) is 24.8 Å². The molecule has 2 rings (SSSR count). The topological polar surface area (TPSA) is 15.6 Å². The first kappa shape index (κ1) is 16.1. The van der Waals surface area contributed by atoms with Crippen LogP contribution in [0.5, 0.6) is 0 Å². The van der Waals surface area contributed by atoms with Gasteiger partial charge in [0.2, 0.25) is 0 Å². The van der Waals surface area contributed by atoms with E-state index in [2.05, 4.69) is 4.99 Å². The minimum atomic E-state index is -0.363. The van der Waals surface area contributed by atoms with Crippen molar-refractivity contribution in [1.29, 1.82) is 0 Å². The number of hydrogen-bond acceptors (Lipinski definition) is 1. The van der Waals surface area contributed by atoms with Crippen LogP contribution in [0.1, 0.15) is 23.6 Å². The third-order valence-electron chi connectivity index (χ3n) is 3.58. The summed E-state index contributed by atoms with van der Waals surface area (Å²) in [6, 6.07) is 9.58. The first-order chi connectivity index (χ1) is 10.5. The molecule has 0 aromatic heterocycles. The Morgan fingerprint density at radius 3 is 2.64 bits per heavy atom. The van der Waals surface area contributed by atoms with E-state index in [0.29, 0.717) is 12.1 Å². The summed E-state index contributed by atoms with van der Waals surface area (Å²) in [5.41, 5.74) is 2.92. The van der Waals surface area contributed by atoms with Crippen LogP contribution in [0.4, 0.5) is 14.5 Å². The molecule has 0 aliphatic rings. The molecule has 4 heteroatoms. The molecule has 0 heterocycles. The van der Waals surface area contributed by atoms with Crippen molar-refractivity contribution in [3.63, 3.8) is 0 Å². The predicted molar refractivity (Wildman–Crippen MR) is 86.8 cm³/mol. The highest BCUT2D eigenvalue weighted by molar-refractivity contribution is 5.62. The molecule has 0 spiro atoms. The van der Waals surface area contributed by atoms with Gasteiger partial charge in [0.1, 0.15) is 17.3 Å². The zero-order chi connectivity index (χ0) is 16.1. The maximum absolute atomic E-state index is 14.2. The highest BCUT2D eigenvalue weighted by atomic mass is 19.1. The first-order valence-electron chi connectivity index (χ1n) is 7.27. The van der Waals surface area contributed by atoms with Gasteiger partial charge in [0.15, 0.2) is 0 Å². The van der Waals surface area contributed by atoms with E-state index in [1.807, 2.05) is 31.9 Å². The van der Waals surface area contributed by atoms with Crippen molar-refractivity contribution in [2.45, 2.75) is 20.3 Å². The molecule has 22 heavy (non-hydrogen) atoms. The summed E-state index contributed by atoms with van der Waals surface area (Å²) in [5, 5.41) is 0. The Labute approximate surface area is 130 Å². The van der Waals surface area contributed by atoms with Crippen LogP contribution in [0.2, 0.25) is 0 Å². The van der Waals surface area contributed by atoms with Crippen LogP contribution in [0, 0.1) is 18.6 Å². The van der Waals surface area contributed by atoms with E-state index in [0.717, 1.165) is 23.2 Å². The highest BCUT2D eigenvalue weighted by Gasteiger charge is 2.08. The molecule has 0 aliphatic heterocycles. The second-order valence-electron chi connectivity index (χ2n) is 5.35. The van der Waals surface area contributed by atoms with Crippen LogP contribution in [0.25, 0.3) is 0 Å². The molecule has 0 N–H and O–H groups in total. The molecule has 2 aromatic rings. The second kappa shape index (κ2) is 7.16. The molecule has 0 amide bonds. The van der Waals surface area contributed by atoms with Gasteiger partial charge in [-0.05, 0) is 61.2 Å². The zero-order valence-corrected chi connectivity index (χ0v) is 13.1. The van der Waals surface area contributed by atoms with E-state index >= 15 is 0 Å². The molecule has 0 atom stereocenters. The summed E-state index contributed by atoms with van der Waals surface area (Å²) in [4.78, 5) is 6.04. The van der Waals surface area contributed by atoms with Gasteiger partial charge in [-0.2, -0.15) is 0 Å². The number of aryl methyl sites for hydroxylation is 1. The standard InChI is InChI=1S/C18H20F2N2/c1-4-22(3)12-21-18-8-13(2)15(11-17(18)20)9-14-6-5-7-16(19)10-14/h5-8,10-12H,4,9H2,1-3H3. The minimum Gasteiger partial charge on any atom is -0.366 e. The Kier molecular flexibility index (Phi) is 5.26. The number of nitrogens with zero attached hydrogens (tertiary/aromatic N) is 2. The molecule has 0 aliphatic carbocycles. The van der Waals surface area contributed by atoms with Gasteiger partial charge in [0, 0.05) is 13.6 Å². The fourth-order valence-electron chi connectivity index (χ4n) is 2.11. The average Bonchev–Trinajstić information content (AvgIpc) is 2.49. The lowest BCUT2D eigenvalue weighted by atomic mass is 9.99. The summed E-state index contributed by atoms with van der Waals surface area (Å²) in [6.45, 7) is 4.72. The van der Waals surface area contributed by atoms with E-state index in [9.17, 15) is 8.78 Å². The molecule has 0 saturated heterocycles. The number of benzene rings is 2. The number of rotatable bonds is 5. The SMILES string of the molecule is CCN(C)C=Nc1cc(C)c(Cc2cccc(F)c2)cc1F. The Morgan fingerprint density at radius 2 is 1.95 bits per heavy atom. The fraction of sp³-hybridized carbons (Fsp3) is 0.278. The van der Waals surface area contributed by atoms with Crippen LogP contribution in [-0.2, 0) is 6.42 Å². The van der Waals surface area contributed by atoms with E-state index in [4.69, 9.17) is 0 Å². The van der Waals surface area contributed by atoms with Gasteiger partial charge in [-0.1, -0.05) is 12.1 Å². The smallest absolute Gasteiger partial charge is 0.149 e. The Bertz CT molecular complexity index is 681. The normalized spacial score (nSPS) is 11.1. The maximum atomic E-state index is 14.2. The lowest BCUT2D eigenvalue weighted by Crippen LogP contribution is -2.14. The molecule has 0 radical (unpaired) electrons. The summed E-state index contributed by atoms with van der Waals surface area (Å²) in [6.07, 6.45) is 2.11. The van der Waals surface area contributed by atoms with Crippen molar-refractivity contribution in [2.24, 2.45) is 4.99 Å². The van der Waals surface area contributed by atoms with Gasteiger partial charge in [-0.3, -0.25) is 0 Å². The Hall–Kier alpha value is -2.23. The summed E-state index contributed by atoms with van der Waals surface area (Å²) < 4.78 is 27.4. The lowest BCUT2D eigenvalue weighted by molar-refractivity contribution is 0.551. The average molecular weight is 302 g/mol. The van der Waals surface area contributed by atoms with Crippen molar-refractivity contribution in [1.82, 2.24) is 4.90 Å². The fourth-order valence-corrected chi connectivity index (χ4v) is 2.11. The summed E-state index contributed by atoms with van der Waals surface area (Å²) in [7, 11) is 1.88. The van der Waals surface area contributed by atoms with E-state index in [-0.39, 0.29) is 11.6 Å². The lowest BCUT2D eigenvalue weighted by Gasteiger charge is -2.10. The van der Waals surface area contributed by atoms with Crippen molar-refractivity contribution in [2.75, 3.05) is 13.6 Å². The van der Waals surface area contributed by atoms with E-state index < -0.39 is 0 Å². The third kappa shape index (κ3) is 4.13. The van der Waals surface area contributed by atoms with Gasteiger partial charge in [-0.25, -0.2) is 13.8 Å². The van der Waals surface area contributed by atoms with Gasteiger partial charge in [-0.15, -0.1) is 0 Å². The molecule has 0 saturated carbocycles. The highest BCUT2D eigenvalue weighted by Crippen LogP contribution is 2.24. The Morgan fingerprint density at radius 1 is 1.18 bits per heavy atom. The van der Waals surface area contributed by atoms with Crippen LogP contribution >= 0.6 is 0 Å². The molecular weight excluding hydrogens is 282 g/mol. The monoisotopic (exact) mass is 302 g/mol. The molecule has 0 unspecified atom stereocenters.